The van der Waals surface area contributed by atoms with Gasteiger partial charge in [-0.05, 0) is 12.2 Å². The zero-order valence-corrected chi connectivity index (χ0v) is 13.4. The highest BCUT2D eigenvalue weighted by atomic mass is 32.2. The highest BCUT2D eigenvalue weighted by molar-refractivity contribution is 7.90. The lowest BCUT2D eigenvalue weighted by Crippen LogP contribution is -2.50. The molecule has 1 aromatic rings. The van der Waals surface area contributed by atoms with Crippen LogP contribution in [0.3, 0.4) is 0 Å². The molecule has 0 aliphatic heterocycles. The number of benzene rings is 1. The number of methoxy groups -OCH3 is 1. The lowest BCUT2D eigenvalue weighted by Gasteiger charge is -2.33. The molecular weight excluding hydrogens is 344 g/mol. The number of ketones is 1. The molecule has 1 aromatic carbocycles. The van der Waals surface area contributed by atoms with E-state index in [1.807, 2.05) is 0 Å². The van der Waals surface area contributed by atoms with E-state index in [0.717, 1.165) is 18.2 Å². The molecule has 0 spiro atoms. The number of hydrogen-bond acceptors (Lipinski definition) is 5. The molecule has 0 aromatic heterocycles. The number of carbonyl (C=O) groups excluding carboxylic acids is 1. The Morgan fingerprint density at radius 3 is 2.17 bits per heavy atom. The predicted molar refractivity (Wildman–Crippen MR) is 86.1 cm³/mol. The summed E-state index contributed by atoms with van der Waals surface area (Å²) in [6.07, 6.45) is 1.66. The molecule has 0 saturated carbocycles. The number of Topliss-reactive ketones (excluding diaryl/α,β-unsaturated/α-hetero) is 1. The van der Waals surface area contributed by atoms with Gasteiger partial charge in [0.1, 0.15) is 6.10 Å². The van der Waals surface area contributed by atoms with Crippen LogP contribution >= 0.6 is 0 Å². The number of aliphatic hydroxyl groups is 1. The van der Waals surface area contributed by atoms with Crippen molar-refractivity contribution in [3.05, 3.63) is 59.0 Å². The van der Waals surface area contributed by atoms with Crippen molar-refractivity contribution in [1.82, 2.24) is 0 Å². The molecule has 0 amide bonds. The summed E-state index contributed by atoms with van der Waals surface area (Å²) >= 11 is 0. The minimum atomic E-state index is -4.52. The van der Waals surface area contributed by atoms with Gasteiger partial charge in [-0.25, -0.2) is 0 Å². The summed E-state index contributed by atoms with van der Waals surface area (Å²) in [5.74, 6) is -0.608. The Bertz CT molecular complexity index is 709. The Morgan fingerprint density at radius 2 is 1.71 bits per heavy atom. The van der Waals surface area contributed by atoms with Crippen molar-refractivity contribution in [2.45, 2.75) is 11.7 Å². The Morgan fingerprint density at radius 1 is 1.17 bits per heavy atom. The van der Waals surface area contributed by atoms with Gasteiger partial charge in [-0.15, -0.1) is 0 Å². The fourth-order valence-corrected chi connectivity index (χ4v) is 2.70. The molecule has 2 unspecified atom stereocenters. The summed E-state index contributed by atoms with van der Waals surface area (Å²) in [4.78, 5) is 12.1. The molecule has 0 fully saturated rings. The largest absolute Gasteiger partial charge is 0.412 e. The summed E-state index contributed by atoms with van der Waals surface area (Å²) in [7, 11) is -3.33. The molecule has 10 heteroatoms. The van der Waals surface area contributed by atoms with Crippen molar-refractivity contribution < 1.29 is 44.0 Å². The van der Waals surface area contributed by atoms with Gasteiger partial charge in [0.15, 0.2) is 5.60 Å². The van der Waals surface area contributed by atoms with Crippen LogP contribution in [-0.2, 0) is 14.9 Å². The third-order valence-electron chi connectivity index (χ3n) is 3.27. The first-order valence-corrected chi connectivity index (χ1v) is 7.47. The number of ether oxygens (including phenoxy) is 1. The molecule has 2 atom stereocenters. The first-order chi connectivity index (χ1) is 9.81. The van der Waals surface area contributed by atoms with Crippen molar-refractivity contribution in [1.29, 1.82) is 0 Å². The fourth-order valence-electron chi connectivity index (χ4n) is 2.12. The van der Waals surface area contributed by atoms with Crippen LogP contribution < -0.4 is 0 Å². The van der Waals surface area contributed by atoms with E-state index in [1.54, 1.807) is 18.2 Å². The first kappa shape index (κ1) is 24.3. The summed E-state index contributed by atoms with van der Waals surface area (Å²) in [6, 6.07) is 8.03. The monoisotopic (exact) mass is 364 g/mol. The summed E-state index contributed by atoms with van der Waals surface area (Å²) < 4.78 is 36.7. The van der Waals surface area contributed by atoms with E-state index in [0.29, 0.717) is 0 Å². The average Bonchev–Trinajstić information content (AvgIpc) is 2.47. The zero-order chi connectivity index (χ0) is 15.7. The Balaban J connectivity index is 0. The van der Waals surface area contributed by atoms with Gasteiger partial charge < -0.3 is 26.3 Å². The molecule has 136 valence electrons. The number of allylic oxidation sites excluding steroid dienone is 1. The van der Waals surface area contributed by atoms with Gasteiger partial charge in [-0.3, -0.25) is 9.35 Å². The topological polar surface area (TPSA) is 195 Å². The SMILES string of the molecule is COC1(C(=O)c2ccccc2)C=C(S(=O)(=O)O)C=CC1O.O.O.O. The predicted octanol–water partition coefficient (Wildman–Crippen LogP) is -1.52. The van der Waals surface area contributed by atoms with Gasteiger partial charge in [0.05, 0.1) is 4.91 Å². The van der Waals surface area contributed by atoms with Gasteiger partial charge >= 0.3 is 0 Å². The van der Waals surface area contributed by atoms with E-state index in [-0.39, 0.29) is 22.0 Å². The maximum absolute atomic E-state index is 12.6. The molecule has 2 rings (SSSR count). The van der Waals surface area contributed by atoms with E-state index in [2.05, 4.69) is 0 Å². The number of aliphatic hydroxyl groups excluding tert-OH is 1. The molecule has 0 saturated heterocycles. The smallest absolute Gasteiger partial charge is 0.294 e. The lowest BCUT2D eigenvalue weighted by molar-refractivity contribution is -0.0298. The van der Waals surface area contributed by atoms with Crippen LogP contribution in [0, 0.1) is 0 Å². The third kappa shape index (κ3) is 4.33. The second-order valence-electron chi connectivity index (χ2n) is 4.52. The molecular formula is C14H20O9S. The Hall–Kier alpha value is -1.92. The van der Waals surface area contributed by atoms with Crippen LogP contribution in [0.5, 0.6) is 0 Å². The van der Waals surface area contributed by atoms with Crippen molar-refractivity contribution in [3.8, 4) is 0 Å². The van der Waals surface area contributed by atoms with Gasteiger partial charge in [0.25, 0.3) is 10.1 Å². The van der Waals surface area contributed by atoms with E-state index in [9.17, 15) is 18.3 Å². The molecule has 1 aliphatic rings. The van der Waals surface area contributed by atoms with Crippen LogP contribution in [0.2, 0.25) is 0 Å². The normalized spacial score (nSPS) is 22.3. The molecule has 24 heavy (non-hydrogen) atoms. The van der Waals surface area contributed by atoms with Gasteiger partial charge in [0, 0.05) is 12.7 Å². The van der Waals surface area contributed by atoms with Crippen molar-refractivity contribution in [2.24, 2.45) is 0 Å². The minimum absolute atomic E-state index is 0. The number of rotatable bonds is 4. The highest BCUT2D eigenvalue weighted by Crippen LogP contribution is 2.31. The molecule has 8 N–H and O–H groups in total. The standard InChI is InChI=1S/C14H14O6S.3H2O/c1-20-14(13(16)10-5-3-2-4-6-10)9-11(21(17,18)19)7-8-12(14)15;;;/h2-9,12,15H,1H3,(H,17,18,19);3*1H2. The quantitative estimate of drug-likeness (QED) is 0.480. The van der Waals surface area contributed by atoms with Gasteiger partial charge in [0.2, 0.25) is 5.78 Å². The lowest BCUT2D eigenvalue weighted by atomic mass is 9.84. The Kier molecular flexibility index (Phi) is 8.92. The molecule has 0 radical (unpaired) electrons. The van der Waals surface area contributed by atoms with E-state index in [4.69, 9.17) is 9.29 Å². The van der Waals surface area contributed by atoms with Crippen LogP contribution in [0.15, 0.2) is 53.5 Å². The molecule has 9 nitrogen and oxygen atoms in total. The third-order valence-corrected chi connectivity index (χ3v) is 4.11. The van der Waals surface area contributed by atoms with Crippen molar-refractivity contribution in [3.63, 3.8) is 0 Å². The number of hydrogen-bond donors (Lipinski definition) is 2. The van der Waals surface area contributed by atoms with E-state index >= 15 is 0 Å². The van der Waals surface area contributed by atoms with Crippen LogP contribution in [0.4, 0.5) is 0 Å². The zero-order valence-electron chi connectivity index (χ0n) is 12.6. The van der Waals surface area contributed by atoms with Gasteiger partial charge in [-0.2, -0.15) is 8.42 Å². The fraction of sp³-hybridized carbons (Fsp3) is 0.214. The summed E-state index contributed by atoms with van der Waals surface area (Å²) in [5, 5.41) is 10.1. The van der Waals surface area contributed by atoms with E-state index in [1.165, 1.54) is 19.2 Å². The van der Waals surface area contributed by atoms with Crippen LogP contribution in [-0.4, -0.2) is 59.1 Å². The van der Waals surface area contributed by atoms with Crippen LogP contribution in [0.25, 0.3) is 0 Å². The first-order valence-electron chi connectivity index (χ1n) is 6.03. The second-order valence-corrected chi connectivity index (χ2v) is 5.94. The molecule has 0 heterocycles. The van der Waals surface area contributed by atoms with Gasteiger partial charge in [-0.1, -0.05) is 36.4 Å². The minimum Gasteiger partial charge on any atom is -0.412 e. The van der Waals surface area contributed by atoms with Crippen LogP contribution in [0.1, 0.15) is 10.4 Å². The van der Waals surface area contributed by atoms with Crippen molar-refractivity contribution >= 4 is 15.9 Å². The number of carbonyl (C=O) groups is 1. The summed E-state index contributed by atoms with van der Waals surface area (Å²) in [6.45, 7) is 0. The average molecular weight is 364 g/mol. The highest BCUT2D eigenvalue weighted by Gasteiger charge is 2.46. The maximum Gasteiger partial charge on any atom is 0.294 e. The van der Waals surface area contributed by atoms with Crippen molar-refractivity contribution in [2.75, 3.05) is 7.11 Å². The molecule has 1 aliphatic carbocycles. The molecule has 0 bridgehead atoms. The maximum atomic E-state index is 12.6. The summed E-state index contributed by atoms with van der Waals surface area (Å²) in [5.41, 5.74) is -1.65. The Labute approximate surface area is 138 Å². The second kappa shape index (κ2) is 8.80. The van der Waals surface area contributed by atoms with E-state index < -0.39 is 32.5 Å².